The molecule has 3 aromatic carbocycles. The van der Waals surface area contributed by atoms with E-state index >= 15 is 0 Å². The van der Waals surface area contributed by atoms with Gasteiger partial charge in [-0.15, -0.1) is 0 Å². The van der Waals surface area contributed by atoms with E-state index in [0.29, 0.717) is 32.0 Å². The molecular formula is C25H26FN3O4S. The fourth-order valence-corrected chi connectivity index (χ4v) is 5.10. The summed E-state index contributed by atoms with van der Waals surface area (Å²) in [5, 5.41) is 2.87. The van der Waals surface area contributed by atoms with Gasteiger partial charge in [-0.25, -0.2) is 12.8 Å². The number of nitrogens with zero attached hydrogens (tertiary/aromatic N) is 1. The molecule has 3 aromatic rings. The van der Waals surface area contributed by atoms with Crippen LogP contribution in [0.4, 0.5) is 15.8 Å². The Morgan fingerprint density at radius 1 is 0.941 bits per heavy atom. The molecule has 2 N–H and O–H groups in total. The quantitative estimate of drug-likeness (QED) is 0.514. The van der Waals surface area contributed by atoms with Gasteiger partial charge in [0.15, 0.2) is 0 Å². The van der Waals surface area contributed by atoms with E-state index in [-0.39, 0.29) is 6.42 Å². The third-order valence-electron chi connectivity index (χ3n) is 5.54. The second-order valence-corrected chi connectivity index (χ2v) is 9.58. The minimum atomic E-state index is -4.29. The van der Waals surface area contributed by atoms with Gasteiger partial charge in [-0.2, -0.15) is 4.72 Å². The van der Waals surface area contributed by atoms with Gasteiger partial charge in [0.25, 0.3) is 0 Å². The highest BCUT2D eigenvalue weighted by Gasteiger charge is 2.28. The molecule has 7 nitrogen and oxygen atoms in total. The normalized spacial score (nSPS) is 15.0. The maximum Gasteiger partial charge on any atom is 0.244 e. The van der Waals surface area contributed by atoms with Crippen LogP contribution in [-0.2, 0) is 26.0 Å². The summed E-state index contributed by atoms with van der Waals surface area (Å²) in [5.41, 5.74) is 2.16. The van der Waals surface area contributed by atoms with Crippen molar-refractivity contribution >= 4 is 27.3 Å². The molecule has 0 bridgehead atoms. The smallest absolute Gasteiger partial charge is 0.244 e. The lowest BCUT2D eigenvalue weighted by Crippen LogP contribution is -2.45. The molecule has 0 aromatic heterocycles. The van der Waals surface area contributed by atoms with Gasteiger partial charge in [0.2, 0.25) is 15.9 Å². The molecule has 1 heterocycles. The van der Waals surface area contributed by atoms with Crippen molar-refractivity contribution in [3.8, 4) is 0 Å². The molecule has 0 radical (unpaired) electrons. The van der Waals surface area contributed by atoms with E-state index in [1.54, 1.807) is 24.3 Å². The number of carbonyl (C=O) groups is 1. The molecule has 1 unspecified atom stereocenters. The number of para-hydroxylation sites is 2. The van der Waals surface area contributed by atoms with Crippen LogP contribution in [0.1, 0.15) is 5.56 Å². The van der Waals surface area contributed by atoms with Gasteiger partial charge in [-0.1, -0.05) is 54.6 Å². The highest BCUT2D eigenvalue weighted by molar-refractivity contribution is 7.89. The van der Waals surface area contributed by atoms with Crippen LogP contribution >= 0.6 is 0 Å². The van der Waals surface area contributed by atoms with Gasteiger partial charge in [-0.05, 0) is 36.2 Å². The number of nitrogens with one attached hydrogen (secondary N) is 2. The Kier molecular flexibility index (Phi) is 7.56. The topological polar surface area (TPSA) is 87.7 Å². The standard InChI is InChI=1S/C25H26FN3O4S/c26-20-10-4-7-13-24(20)34(31,32)28-22(18-19-8-2-1-3-9-19)25(30)27-21-11-5-6-12-23(21)29-14-16-33-17-15-29/h1-13,22,28H,14-18H2,(H,27,30). The molecule has 9 heteroatoms. The molecular weight excluding hydrogens is 457 g/mol. The average Bonchev–Trinajstić information content (AvgIpc) is 2.85. The third-order valence-corrected chi connectivity index (χ3v) is 7.04. The summed E-state index contributed by atoms with van der Waals surface area (Å²) in [6.07, 6.45) is 0.0973. The number of halogens is 1. The monoisotopic (exact) mass is 483 g/mol. The number of benzene rings is 3. The van der Waals surface area contributed by atoms with Crippen molar-refractivity contribution in [3.63, 3.8) is 0 Å². The van der Waals surface area contributed by atoms with E-state index in [1.165, 1.54) is 18.2 Å². The Balaban J connectivity index is 1.61. The summed E-state index contributed by atoms with van der Waals surface area (Å²) < 4.78 is 48.0. The molecule has 0 spiro atoms. The Bertz CT molecular complexity index is 1230. The number of ether oxygens (including phenoxy) is 1. The zero-order valence-corrected chi connectivity index (χ0v) is 19.3. The van der Waals surface area contributed by atoms with E-state index in [2.05, 4.69) is 14.9 Å². The molecule has 1 atom stereocenters. The first-order chi connectivity index (χ1) is 16.4. The molecule has 34 heavy (non-hydrogen) atoms. The summed E-state index contributed by atoms with van der Waals surface area (Å²) >= 11 is 0. The van der Waals surface area contributed by atoms with Crippen LogP contribution in [0.2, 0.25) is 0 Å². The van der Waals surface area contributed by atoms with Crippen LogP contribution in [0.15, 0.2) is 83.8 Å². The van der Waals surface area contributed by atoms with Gasteiger partial charge in [0.1, 0.15) is 16.8 Å². The second-order valence-electron chi connectivity index (χ2n) is 7.90. The fraction of sp³-hybridized carbons (Fsp3) is 0.240. The molecule has 178 valence electrons. The Morgan fingerprint density at radius 2 is 1.59 bits per heavy atom. The van der Waals surface area contributed by atoms with Crippen molar-refractivity contribution in [1.29, 1.82) is 0 Å². The van der Waals surface area contributed by atoms with Crippen LogP contribution in [0.3, 0.4) is 0 Å². The Morgan fingerprint density at radius 3 is 2.32 bits per heavy atom. The lowest BCUT2D eigenvalue weighted by Gasteiger charge is -2.31. The van der Waals surface area contributed by atoms with E-state index < -0.39 is 32.7 Å². The summed E-state index contributed by atoms with van der Waals surface area (Å²) in [6.45, 7) is 2.53. The lowest BCUT2D eigenvalue weighted by atomic mass is 10.1. The molecule has 4 rings (SSSR count). The van der Waals surface area contributed by atoms with Gasteiger partial charge < -0.3 is 15.0 Å². The number of anilines is 2. The highest BCUT2D eigenvalue weighted by atomic mass is 32.2. The minimum absolute atomic E-state index is 0.0973. The summed E-state index contributed by atoms with van der Waals surface area (Å²) in [6, 6.07) is 20.3. The lowest BCUT2D eigenvalue weighted by molar-refractivity contribution is -0.117. The minimum Gasteiger partial charge on any atom is -0.378 e. The second kappa shape index (κ2) is 10.8. The molecule has 1 saturated heterocycles. The van der Waals surface area contributed by atoms with Crippen molar-refractivity contribution in [2.24, 2.45) is 0 Å². The van der Waals surface area contributed by atoms with E-state index in [1.807, 2.05) is 30.3 Å². The van der Waals surface area contributed by atoms with Gasteiger partial charge in [0.05, 0.1) is 24.6 Å². The number of hydrogen-bond donors (Lipinski definition) is 2. The maximum atomic E-state index is 14.2. The first-order valence-electron chi connectivity index (χ1n) is 11.0. The summed E-state index contributed by atoms with van der Waals surface area (Å²) in [5.74, 6) is -1.42. The van der Waals surface area contributed by atoms with Crippen molar-refractivity contribution < 1.29 is 22.3 Å². The molecule has 0 aliphatic carbocycles. The van der Waals surface area contributed by atoms with Crippen molar-refractivity contribution in [2.75, 3.05) is 36.5 Å². The van der Waals surface area contributed by atoms with Crippen LogP contribution in [0.25, 0.3) is 0 Å². The Labute approximate surface area is 198 Å². The van der Waals surface area contributed by atoms with Crippen LogP contribution in [0.5, 0.6) is 0 Å². The maximum absolute atomic E-state index is 14.2. The fourth-order valence-electron chi connectivity index (χ4n) is 3.83. The zero-order valence-electron chi connectivity index (χ0n) is 18.5. The Hall–Kier alpha value is -3.27. The van der Waals surface area contributed by atoms with Crippen molar-refractivity contribution in [2.45, 2.75) is 17.4 Å². The van der Waals surface area contributed by atoms with Gasteiger partial charge in [0, 0.05) is 13.1 Å². The number of sulfonamides is 1. The molecule has 1 amide bonds. The number of morpholine rings is 1. The van der Waals surface area contributed by atoms with Crippen LogP contribution in [-0.4, -0.2) is 46.7 Å². The highest BCUT2D eigenvalue weighted by Crippen LogP contribution is 2.27. The number of amides is 1. The summed E-state index contributed by atoms with van der Waals surface area (Å²) in [4.78, 5) is 15.0. The molecule has 1 aliphatic rings. The number of carbonyl (C=O) groups excluding carboxylic acids is 1. The van der Waals surface area contributed by atoms with Crippen molar-refractivity contribution in [3.05, 3.63) is 90.2 Å². The molecule has 1 aliphatic heterocycles. The van der Waals surface area contributed by atoms with Gasteiger partial charge in [-0.3, -0.25) is 4.79 Å². The van der Waals surface area contributed by atoms with Crippen LogP contribution in [0, 0.1) is 5.82 Å². The largest absolute Gasteiger partial charge is 0.378 e. The molecule has 0 saturated carbocycles. The van der Waals surface area contributed by atoms with Gasteiger partial charge >= 0.3 is 0 Å². The number of rotatable bonds is 8. The van der Waals surface area contributed by atoms with E-state index in [9.17, 15) is 17.6 Å². The predicted molar refractivity (Wildman–Crippen MR) is 129 cm³/mol. The van der Waals surface area contributed by atoms with E-state index in [0.717, 1.165) is 17.3 Å². The number of hydrogen-bond acceptors (Lipinski definition) is 5. The zero-order chi connectivity index (χ0) is 24.0. The van der Waals surface area contributed by atoms with Crippen LogP contribution < -0.4 is 14.9 Å². The molecule has 1 fully saturated rings. The summed E-state index contributed by atoms with van der Waals surface area (Å²) in [7, 11) is -4.29. The average molecular weight is 484 g/mol. The van der Waals surface area contributed by atoms with E-state index in [4.69, 9.17) is 4.74 Å². The van der Waals surface area contributed by atoms with Crippen molar-refractivity contribution in [1.82, 2.24) is 4.72 Å². The predicted octanol–water partition coefficient (Wildman–Crippen LogP) is 3.19. The third kappa shape index (κ3) is 5.80. The SMILES string of the molecule is O=C(Nc1ccccc1N1CCOCC1)C(Cc1ccccc1)NS(=O)(=O)c1ccccc1F. The first-order valence-corrected chi connectivity index (χ1v) is 12.5. The first kappa shape index (κ1) is 23.9.